The summed E-state index contributed by atoms with van der Waals surface area (Å²) in [7, 11) is 0. The van der Waals surface area contributed by atoms with Crippen molar-refractivity contribution in [3.05, 3.63) is 22.9 Å². The van der Waals surface area contributed by atoms with Gasteiger partial charge >= 0.3 is 6.03 Å². The Morgan fingerprint density at radius 3 is 3.17 bits per heavy atom. The lowest BCUT2D eigenvalue weighted by Crippen LogP contribution is -2.56. The zero-order valence-corrected chi connectivity index (χ0v) is 11.4. The summed E-state index contributed by atoms with van der Waals surface area (Å²) in [5.74, 6) is -0.134. The lowest BCUT2D eigenvalue weighted by Gasteiger charge is -2.32. The van der Waals surface area contributed by atoms with Crippen LogP contribution < -0.4 is 10.6 Å². The average Bonchev–Trinajstić information content (AvgIpc) is 2.35. The quantitative estimate of drug-likeness (QED) is 0.818. The fraction of sp³-hybridized carbons (Fsp3) is 0.364. The summed E-state index contributed by atoms with van der Waals surface area (Å²) in [6, 6.07) is 0.944. The molecule has 0 bridgehead atoms. The Morgan fingerprint density at radius 2 is 2.44 bits per heavy atom. The number of halogens is 1. The molecule has 0 radical (unpaired) electrons. The van der Waals surface area contributed by atoms with Crippen LogP contribution >= 0.6 is 15.9 Å². The minimum absolute atomic E-state index is 0.134. The van der Waals surface area contributed by atoms with Crippen molar-refractivity contribution >= 4 is 33.6 Å². The summed E-state index contributed by atoms with van der Waals surface area (Å²) in [4.78, 5) is 29.0. The van der Waals surface area contributed by atoms with Gasteiger partial charge < -0.3 is 15.5 Å². The maximum absolute atomic E-state index is 12.1. The second-order valence-corrected chi connectivity index (χ2v) is 4.80. The Labute approximate surface area is 113 Å². The van der Waals surface area contributed by atoms with Crippen molar-refractivity contribution in [3.63, 3.8) is 0 Å². The fourth-order valence-electron chi connectivity index (χ4n) is 1.72. The molecule has 1 aliphatic heterocycles. The van der Waals surface area contributed by atoms with Gasteiger partial charge in [-0.3, -0.25) is 9.78 Å². The molecule has 1 fully saturated rings. The molecule has 2 N–H and O–H groups in total. The molecular formula is C11H13BrN4O2. The van der Waals surface area contributed by atoms with Crippen LogP contribution in [0.3, 0.4) is 0 Å². The van der Waals surface area contributed by atoms with Gasteiger partial charge in [-0.05, 0) is 28.9 Å². The van der Waals surface area contributed by atoms with Crippen LogP contribution in [0.1, 0.15) is 6.92 Å². The Kier molecular flexibility index (Phi) is 3.81. The van der Waals surface area contributed by atoms with Gasteiger partial charge in [0.05, 0.1) is 10.2 Å². The van der Waals surface area contributed by atoms with E-state index in [2.05, 4.69) is 31.5 Å². The molecule has 1 unspecified atom stereocenters. The molecule has 0 saturated carbocycles. The molecular weight excluding hydrogens is 300 g/mol. The number of nitrogens with zero attached hydrogens (tertiary/aromatic N) is 2. The molecule has 2 rings (SSSR count). The summed E-state index contributed by atoms with van der Waals surface area (Å²) in [6.45, 7) is 2.69. The van der Waals surface area contributed by atoms with Crippen molar-refractivity contribution in [2.24, 2.45) is 0 Å². The second kappa shape index (κ2) is 5.34. The Hall–Kier alpha value is -1.63. The average molecular weight is 313 g/mol. The first-order valence-corrected chi connectivity index (χ1v) is 6.33. The van der Waals surface area contributed by atoms with E-state index in [1.54, 1.807) is 25.4 Å². The van der Waals surface area contributed by atoms with Crippen LogP contribution in [0, 0.1) is 0 Å². The molecule has 0 spiro atoms. The third-order valence-corrected chi connectivity index (χ3v) is 3.41. The molecule has 1 saturated heterocycles. The van der Waals surface area contributed by atoms with Crippen LogP contribution in [0.4, 0.5) is 10.5 Å². The standard InChI is InChI=1S/C11H13BrN4O2/c1-7-10(17)14-4-5-16(7)11(18)15-9-2-3-13-6-8(9)12/h2-3,6-7H,4-5H2,1H3,(H,14,17)(H,13,15,18). The van der Waals surface area contributed by atoms with E-state index < -0.39 is 6.04 Å². The number of piperazine rings is 1. The van der Waals surface area contributed by atoms with E-state index in [1.165, 1.54) is 4.90 Å². The predicted octanol–water partition coefficient (Wildman–Crippen LogP) is 1.20. The Bertz CT molecular complexity index is 480. The van der Waals surface area contributed by atoms with Gasteiger partial charge in [0.2, 0.25) is 5.91 Å². The summed E-state index contributed by atoms with van der Waals surface area (Å²) < 4.78 is 0.701. The lowest BCUT2D eigenvalue weighted by molar-refractivity contribution is -0.126. The smallest absolute Gasteiger partial charge is 0.322 e. The van der Waals surface area contributed by atoms with Gasteiger partial charge in [0.1, 0.15) is 6.04 Å². The number of urea groups is 1. The number of hydrogen-bond donors (Lipinski definition) is 2. The summed E-state index contributed by atoms with van der Waals surface area (Å²) in [6.07, 6.45) is 3.19. The van der Waals surface area contributed by atoms with Crippen LogP contribution in [0.15, 0.2) is 22.9 Å². The highest BCUT2D eigenvalue weighted by Gasteiger charge is 2.29. The van der Waals surface area contributed by atoms with Crippen molar-refractivity contribution < 1.29 is 9.59 Å². The van der Waals surface area contributed by atoms with Crippen LogP contribution in [-0.2, 0) is 4.79 Å². The molecule has 2 heterocycles. The number of rotatable bonds is 1. The summed E-state index contributed by atoms with van der Waals surface area (Å²) in [5.41, 5.74) is 0.633. The number of nitrogens with one attached hydrogen (secondary N) is 2. The van der Waals surface area contributed by atoms with Gasteiger partial charge in [-0.25, -0.2) is 4.79 Å². The van der Waals surface area contributed by atoms with Crippen LogP contribution in [0.25, 0.3) is 0 Å². The maximum Gasteiger partial charge on any atom is 0.322 e. The predicted molar refractivity (Wildman–Crippen MR) is 70.1 cm³/mol. The zero-order chi connectivity index (χ0) is 13.1. The molecule has 0 aliphatic carbocycles. The van der Waals surface area contributed by atoms with Gasteiger partial charge in [0, 0.05) is 25.5 Å². The maximum atomic E-state index is 12.1. The van der Waals surface area contributed by atoms with Gasteiger partial charge in [0.25, 0.3) is 0 Å². The molecule has 0 aromatic carbocycles. The van der Waals surface area contributed by atoms with Crippen LogP contribution in [-0.4, -0.2) is 41.0 Å². The number of carbonyl (C=O) groups is 2. The molecule has 1 aromatic rings. The molecule has 7 heteroatoms. The van der Waals surface area contributed by atoms with Gasteiger partial charge in [-0.15, -0.1) is 0 Å². The van der Waals surface area contributed by atoms with E-state index in [4.69, 9.17) is 0 Å². The highest BCUT2D eigenvalue weighted by molar-refractivity contribution is 9.10. The van der Waals surface area contributed by atoms with Crippen molar-refractivity contribution in [1.82, 2.24) is 15.2 Å². The normalized spacial score (nSPS) is 19.3. The largest absolute Gasteiger partial charge is 0.353 e. The monoisotopic (exact) mass is 312 g/mol. The van der Waals surface area contributed by atoms with Crippen molar-refractivity contribution in [1.29, 1.82) is 0 Å². The Balaban J connectivity index is 2.08. The third kappa shape index (κ3) is 2.61. The molecule has 1 aromatic heterocycles. The van der Waals surface area contributed by atoms with Gasteiger partial charge in [-0.2, -0.15) is 0 Å². The van der Waals surface area contributed by atoms with Gasteiger partial charge in [-0.1, -0.05) is 0 Å². The number of aromatic nitrogens is 1. The Morgan fingerprint density at radius 1 is 1.67 bits per heavy atom. The summed E-state index contributed by atoms with van der Waals surface area (Å²) >= 11 is 3.30. The first-order chi connectivity index (χ1) is 8.59. The molecule has 1 atom stereocenters. The molecule has 18 heavy (non-hydrogen) atoms. The number of anilines is 1. The summed E-state index contributed by atoms with van der Waals surface area (Å²) in [5, 5.41) is 5.46. The number of pyridine rings is 1. The van der Waals surface area contributed by atoms with E-state index in [0.717, 1.165) is 0 Å². The lowest BCUT2D eigenvalue weighted by atomic mass is 10.2. The van der Waals surface area contributed by atoms with E-state index in [1.807, 2.05) is 0 Å². The molecule has 3 amide bonds. The number of amides is 3. The van der Waals surface area contributed by atoms with Crippen LogP contribution in [0.2, 0.25) is 0 Å². The topological polar surface area (TPSA) is 74.3 Å². The van der Waals surface area contributed by atoms with Crippen molar-refractivity contribution in [2.45, 2.75) is 13.0 Å². The number of carbonyl (C=O) groups excluding carboxylic acids is 2. The van der Waals surface area contributed by atoms with Crippen molar-refractivity contribution in [2.75, 3.05) is 18.4 Å². The van der Waals surface area contributed by atoms with E-state index in [9.17, 15) is 9.59 Å². The van der Waals surface area contributed by atoms with Crippen molar-refractivity contribution in [3.8, 4) is 0 Å². The van der Waals surface area contributed by atoms with E-state index in [0.29, 0.717) is 23.2 Å². The minimum atomic E-state index is -0.459. The SMILES string of the molecule is CC1C(=O)NCCN1C(=O)Nc1ccncc1Br. The first kappa shape index (κ1) is 12.8. The molecule has 96 valence electrons. The first-order valence-electron chi connectivity index (χ1n) is 5.54. The molecule has 1 aliphatic rings. The minimum Gasteiger partial charge on any atom is -0.353 e. The van der Waals surface area contributed by atoms with E-state index in [-0.39, 0.29) is 11.9 Å². The second-order valence-electron chi connectivity index (χ2n) is 3.95. The highest BCUT2D eigenvalue weighted by atomic mass is 79.9. The van der Waals surface area contributed by atoms with E-state index >= 15 is 0 Å². The number of hydrogen-bond acceptors (Lipinski definition) is 3. The zero-order valence-electron chi connectivity index (χ0n) is 9.81. The van der Waals surface area contributed by atoms with Crippen LogP contribution in [0.5, 0.6) is 0 Å². The fourth-order valence-corrected chi connectivity index (χ4v) is 2.07. The van der Waals surface area contributed by atoms with Gasteiger partial charge in [0.15, 0.2) is 0 Å². The third-order valence-electron chi connectivity index (χ3n) is 2.77. The molecule has 6 nitrogen and oxygen atoms in total. The highest BCUT2D eigenvalue weighted by Crippen LogP contribution is 2.20.